The van der Waals surface area contributed by atoms with Crippen molar-refractivity contribution >= 4 is 21.9 Å². The number of halogens is 1. The van der Waals surface area contributed by atoms with Gasteiger partial charge >= 0.3 is 5.97 Å². The molecule has 4 heteroatoms. The summed E-state index contributed by atoms with van der Waals surface area (Å²) in [5.41, 5.74) is -1.16. The third-order valence-electron chi connectivity index (χ3n) is 3.59. The molecule has 0 fully saturated rings. The van der Waals surface area contributed by atoms with Crippen LogP contribution in [-0.2, 0) is 16.0 Å². The topological polar surface area (TPSA) is 46.5 Å². The van der Waals surface area contributed by atoms with E-state index in [-0.39, 0.29) is 5.97 Å². The third-order valence-corrected chi connectivity index (χ3v) is 4.12. The van der Waals surface area contributed by atoms with Gasteiger partial charge in [-0.1, -0.05) is 28.1 Å². The molecule has 1 unspecified atom stereocenters. The lowest BCUT2D eigenvalue weighted by atomic mass is 9.73. The molecular weight excluding hydrogens is 308 g/mol. The van der Waals surface area contributed by atoms with E-state index in [1.807, 2.05) is 24.3 Å². The van der Waals surface area contributed by atoms with Crippen LogP contribution in [0.2, 0.25) is 0 Å². The fourth-order valence-corrected chi connectivity index (χ4v) is 2.02. The van der Waals surface area contributed by atoms with Crippen LogP contribution in [0.5, 0.6) is 0 Å². The van der Waals surface area contributed by atoms with Crippen molar-refractivity contribution in [2.45, 2.75) is 39.7 Å². The molecule has 0 saturated carbocycles. The number of hydrogen-bond acceptors (Lipinski definition) is 3. The zero-order chi connectivity index (χ0) is 14.7. The second-order valence-corrected chi connectivity index (χ2v) is 6.34. The largest absolute Gasteiger partial charge is 0.465 e. The first-order valence-electron chi connectivity index (χ1n) is 6.35. The van der Waals surface area contributed by atoms with Crippen LogP contribution in [0.4, 0.5) is 0 Å². The quantitative estimate of drug-likeness (QED) is 0.843. The summed E-state index contributed by atoms with van der Waals surface area (Å²) < 4.78 is 6.03. The number of benzene rings is 1. The number of carbonyl (C=O) groups is 1. The highest BCUT2D eigenvalue weighted by molar-refractivity contribution is 9.10. The summed E-state index contributed by atoms with van der Waals surface area (Å²) in [6, 6.07) is 7.70. The predicted octanol–water partition coefficient (Wildman–Crippen LogP) is 3.33. The van der Waals surface area contributed by atoms with Crippen molar-refractivity contribution in [3.05, 3.63) is 34.3 Å². The third kappa shape index (κ3) is 3.80. The lowest BCUT2D eigenvalue weighted by Crippen LogP contribution is -2.49. The van der Waals surface area contributed by atoms with Crippen molar-refractivity contribution in [1.29, 1.82) is 0 Å². The van der Waals surface area contributed by atoms with E-state index in [1.54, 1.807) is 27.7 Å². The second kappa shape index (κ2) is 6.06. The van der Waals surface area contributed by atoms with Gasteiger partial charge in [-0.3, -0.25) is 4.79 Å². The Kier molecular flexibility index (Phi) is 5.16. The van der Waals surface area contributed by atoms with Crippen molar-refractivity contribution in [2.75, 3.05) is 6.61 Å². The van der Waals surface area contributed by atoms with Crippen LogP contribution in [-0.4, -0.2) is 23.3 Å². The minimum Gasteiger partial charge on any atom is -0.465 e. The Bertz CT molecular complexity index is 435. The zero-order valence-corrected chi connectivity index (χ0v) is 13.5. The van der Waals surface area contributed by atoms with Crippen LogP contribution in [0, 0.1) is 5.41 Å². The average molecular weight is 329 g/mol. The summed E-state index contributed by atoms with van der Waals surface area (Å²) in [5.74, 6) is -0.378. The first-order chi connectivity index (χ1) is 8.70. The van der Waals surface area contributed by atoms with Crippen LogP contribution in [0.1, 0.15) is 33.3 Å². The van der Waals surface area contributed by atoms with Gasteiger partial charge in [0, 0.05) is 10.9 Å². The van der Waals surface area contributed by atoms with Gasteiger partial charge in [0.15, 0.2) is 0 Å². The molecule has 0 heterocycles. The van der Waals surface area contributed by atoms with E-state index in [2.05, 4.69) is 15.9 Å². The minimum absolute atomic E-state index is 0.316. The van der Waals surface area contributed by atoms with E-state index >= 15 is 0 Å². The number of aliphatic hydroxyl groups is 1. The SMILES string of the molecule is CCOC(=O)C(C)(C)C(C)(O)Cc1ccc(Br)cc1. The Morgan fingerprint density at radius 1 is 1.26 bits per heavy atom. The molecule has 1 aromatic carbocycles. The van der Waals surface area contributed by atoms with Gasteiger partial charge in [0.1, 0.15) is 0 Å². The number of ether oxygens (including phenoxy) is 1. The van der Waals surface area contributed by atoms with Crippen LogP contribution in [0.25, 0.3) is 0 Å². The Balaban J connectivity index is 2.90. The van der Waals surface area contributed by atoms with Gasteiger partial charge in [0.25, 0.3) is 0 Å². The van der Waals surface area contributed by atoms with E-state index in [9.17, 15) is 9.90 Å². The lowest BCUT2D eigenvalue weighted by Gasteiger charge is -2.38. The molecule has 0 aliphatic rings. The highest BCUT2D eigenvalue weighted by Crippen LogP contribution is 2.35. The van der Waals surface area contributed by atoms with E-state index in [4.69, 9.17) is 4.74 Å². The normalized spacial score (nSPS) is 14.8. The second-order valence-electron chi connectivity index (χ2n) is 5.42. The summed E-state index contributed by atoms with van der Waals surface area (Å²) in [5, 5.41) is 10.6. The molecule has 19 heavy (non-hydrogen) atoms. The molecule has 3 nitrogen and oxygen atoms in total. The number of carbonyl (C=O) groups excluding carboxylic acids is 1. The van der Waals surface area contributed by atoms with Crippen LogP contribution < -0.4 is 0 Å². The molecule has 1 atom stereocenters. The maximum atomic E-state index is 12.0. The van der Waals surface area contributed by atoms with Gasteiger partial charge in [0.2, 0.25) is 0 Å². The Morgan fingerprint density at radius 2 is 1.79 bits per heavy atom. The maximum Gasteiger partial charge on any atom is 0.314 e. The fourth-order valence-electron chi connectivity index (χ4n) is 1.75. The number of rotatable bonds is 5. The molecule has 1 rings (SSSR count). The Labute approximate surface area is 123 Å². The fraction of sp³-hybridized carbons (Fsp3) is 0.533. The molecular formula is C15H21BrO3. The highest BCUT2D eigenvalue weighted by Gasteiger charge is 2.46. The number of esters is 1. The summed E-state index contributed by atoms with van der Waals surface area (Å²) in [7, 11) is 0. The molecule has 106 valence electrons. The van der Waals surface area contributed by atoms with Gasteiger partial charge < -0.3 is 9.84 Å². The van der Waals surface area contributed by atoms with Crippen molar-refractivity contribution in [2.24, 2.45) is 5.41 Å². The van der Waals surface area contributed by atoms with E-state index in [0.29, 0.717) is 13.0 Å². The summed E-state index contributed by atoms with van der Waals surface area (Å²) in [6.45, 7) is 7.17. The van der Waals surface area contributed by atoms with E-state index < -0.39 is 11.0 Å². The average Bonchev–Trinajstić information content (AvgIpc) is 2.32. The molecule has 1 aromatic rings. The van der Waals surface area contributed by atoms with E-state index in [1.165, 1.54) is 0 Å². The van der Waals surface area contributed by atoms with Crippen molar-refractivity contribution in [1.82, 2.24) is 0 Å². The van der Waals surface area contributed by atoms with Gasteiger partial charge in [-0.05, 0) is 45.4 Å². The Hall–Kier alpha value is -0.870. The van der Waals surface area contributed by atoms with Gasteiger partial charge in [-0.15, -0.1) is 0 Å². The van der Waals surface area contributed by atoms with E-state index in [0.717, 1.165) is 10.0 Å². The summed E-state index contributed by atoms with van der Waals surface area (Å²) in [4.78, 5) is 12.0. The van der Waals surface area contributed by atoms with Crippen LogP contribution >= 0.6 is 15.9 Å². The first kappa shape index (κ1) is 16.2. The van der Waals surface area contributed by atoms with Crippen molar-refractivity contribution in [3.63, 3.8) is 0 Å². The number of hydrogen-bond donors (Lipinski definition) is 1. The smallest absolute Gasteiger partial charge is 0.314 e. The van der Waals surface area contributed by atoms with Crippen LogP contribution in [0.15, 0.2) is 28.7 Å². The standard InChI is InChI=1S/C15H21BrO3/c1-5-19-13(17)14(2,3)15(4,18)10-11-6-8-12(16)9-7-11/h6-9,18H,5,10H2,1-4H3. The predicted molar refractivity (Wildman–Crippen MR) is 78.9 cm³/mol. The molecule has 0 bridgehead atoms. The molecule has 0 radical (unpaired) electrons. The maximum absolute atomic E-state index is 12.0. The molecule has 0 saturated heterocycles. The lowest BCUT2D eigenvalue weighted by molar-refractivity contribution is -0.168. The molecule has 0 amide bonds. The molecule has 1 N–H and O–H groups in total. The summed E-state index contributed by atoms with van der Waals surface area (Å²) in [6.07, 6.45) is 0.395. The summed E-state index contributed by atoms with van der Waals surface area (Å²) >= 11 is 3.37. The van der Waals surface area contributed by atoms with Gasteiger partial charge in [0.05, 0.1) is 17.6 Å². The molecule has 0 aliphatic heterocycles. The van der Waals surface area contributed by atoms with Crippen molar-refractivity contribution < 1.29 is 14.6 Å². The van der Waals surface area contributed by atoms with Gasteiger partial charge in [-0.2, -0.15) is 0 Å². The molecule has 0 spiro atoms. The zero-order valence-electron chi connectivity index (χ0n) is 11.9. The first-order valence-corrected chi connectivity index (χ1v) is 7.14. The molecule has 0 aromatic heterocycles. The molecule has 0 aliphatic carbocycles. The van der Waals surface area contributed by atoms with Crippen LogP contribution in [0.3, 0.4) is 0 Å². The minimum atomic E-state index is -1.17. The van der Waals surface area contributed by atoms with Gasteiger partial charge in [-0.25, -0.2) is 0 Å². The van der Waals surface area contributed by atoms with Crippen molar-refractivity contribution in [3.8, 4) is 0 Å². The Morgan fingerprint density at radius 3 is 2.26 bits per heavy atom. The highest BCUT2D eigenvalue weighted by atomic mass is 79.9. The monoisotopic (exact) mass is 328 g/mol.